The lowest BCUT2D eigenvalue weighted by atomic mass is 9.78. The van der Waals surface area contributed by atoms with E-state index in [4.69, 9.17) is 0 Å². The molecule has 0 bridgehead atoms. The van der Waals surface area contributed by atoms with E-state index in [-0.39, 0.29) is 17.7 Å². The average Bonchev–Trinajstić information content (AvgIpc) is 3.41. The van der Waals surface area contributed by atoms with Crippen molar-refractivity contribution in [2.45, 2.75) is 51.2 Å². The molecule has 29 heavy (non-hydrogen) atoms. The Kier molecular flexibility index (Phi) is 4.24. The van der Waals surface area contributed by atoms with Gasteiger partial charge in [0, 0.05) is 29.5 Å². The summed E-state index contributed by atoms with van der Waals surface area (Å²) in [5, 5.41) is 10.6. The van der Waals surface area contributed by atoms with Crippen molar-refractivity contribution in [3.05, 3.63) is 47.3 Å². The highest BCUT2D eigenvalue weighted by Crippen LogP contribution is 2.55. The van der Waals surface area contributed by atoms with Crippen LogP contribution in [0.25, 0.3) is 0 Å². The zero-order chi connectivity index (χ0) is 20.2. The number of aromatic nitrogens is 2. The molecule has 2 N–H and O–H groups in total. The number of nitrogens with one attached hydrogen (secondary N) is 2. The fourth-order valence-electron chi connectivity index (χ4n) is 5.69. The number of nitrogens with zero attached hydrogens (tertiary/aromatic N) is 3. The molecule has 0 saturated carbocycles. The van der Waals surface area contributed by atoms with Crippen molar-refractivity contribution in [1.82, 2.24) is 20.0 Å². The Morgan fingerprint density at radius 1 is 1.34 bits per heavy atom. The van der Waals surface area contributed by atoms with Crippen LogP contribution < -0.4 is 10.6 Å². The smallest absolute Gasteiger partial charge is 0.250 e. The first-order chi connectivity index (χ1) is 14.0. The van der Waals surface area contributed by atoms with Crippen molar-refractivity contribution in [2.24, 2.45) is 5.92 Å². The van der Waals surface area contributed by atoms with E-state index in [0.29, 0.717) is 19.1 Å². The Morgan fingerprint density at radius 3 is 2.97 bits per heavy atom. The number of rotatable bonds is 4. The second-order valence-electron chi connectivity index (χ2n) is 8.49. The molecular weight excluding hydrogens is 366 g/mol. The van der Waals surface area contributed by atoms with Crippen molar-refractivity contribution in [3.63, 3.8) is 0 Å². The maximum Gasteiger partial charge on any atom is 0.250 e. The maximum atomic E-state index is 13.3. The van der Waals surface area contributed by atoms with Gasteiger partial charge in [-0.15, -0.1) is 0 Å². The number of hydrogen-bond donors (Lipinski definition) is 2. The summed E-state index contributed by atoms with van der Waals surface area (Å²) >= 11 is 0. The van der Waals surface area contributed by atoms with Gasteiger partial charge in [0.2, 0.25) is 11.8 Å². The lowest BCUT2D eigenvalue weighted by molar-refractivity contribution is -0.137. The topological polar surface area (TPSA) is 79.3 Å². The lowest BCUT2D eigenvalue weighted by Crippen LogP contribution is -2.54. The average molecular weight is 393 g/mol. The number of aryl methyl sites for hydroxylation is 2. The normalized spacial score (nSPS) is 27.9. The Bertz CT molecular complexity index is 983. The van der Waals surface area contributed by atoms with Gasteiger partial charge in [-0.25, -0.2) is 0 Å². The number of amides is 2. The zero-order valence-electron chi connectivity index (χ0n) is 16.9. The van der Waals surface area contributed by atoms with E-state index in [2.05, 4.69) is 20.6 Å². The van der Waals surface area contributed by atoms with Crippen LogP contribution >= 0.6 is 0 Å². The van der Waals surface area contributed by atoms with Gasteiger partial charge in [-0.2, -0.15) is 5.10 Å². The highest BCUT2D eigenvalue weighted by molar-refractivity contribution is 6.09. The van der Waals surface area contributed by atoms with E-state index in [1.165, 1.54) is 0 Å². The summed E-state index contributed by atoms with van der Waals surface area (Å²) in [6.45, 7) is 5.97. The molecule has 1 aromatic heterocycles. The molecule has 3 atom stereocenters. The fourth-order valence-corrected chi connectivity index (χ4v) is 5.69. The fraction of sp³-hybridized carbons (Fsp3) is 0.500. The van der Waals surface area contributed by atoms with Crippen molar-refractivity contribution in [1.29, 1.82) is 0 Å². The van der Waals surface area contributed by atoms with Crippen LogP contribution in [-0.2, 0) is 21.7 Å². The van der Waals surface area contributed by atoms with Crippen molar-refractivity contribution in [2.75, 3.05) is 18.4 Å². The van der Waals surface area contributed by atoms with Crippen LogP contribution in [-0.4, -0.2) is 45.6 Å². The predicted octanol–water partition coefficient (Wildman–Crippen LogP) is 1.95. The highest BCUT2D eigenvalue weighted by Gasteiger charge is 2.65. The molecule has 3 aliphatic heterocycles. The molecule has 0 unspecified atom stereocenters. The molecular formula is C22H27N5O2. The Balaban J connectivity index is 1.41. The summed E-state index contributed by atoms with van der Waals surface area (Å²) in [5.41, 5.74) is 2.97. The molecule has 5 rings (SSSR count). The number of hydrogen-bond acceptors (Lipinski definition) is 4. The van der Waals surface area contributed by atoms with E-state index in [1.54, 1.807) is 0 Å². The summed E-state index contributed by atoms with van der Waals surface area (Å²) in [6, 6.07) is 10.1. The summed E-state index contributed by atoms with van der Waals surface area (Å²) in [4.78, 5) is 28.9. The van der Waals surface area contributed by atoms with Gasteiger partial charge < -0.3 is 10.6 Å². The van der Waals surface area contributed by atoms with Crippen LogP contribution in [0.4, 0.5) is 5.69 Å². The minimum atomic E-state index is -0.875. The van der Waals surface area contributed by atoms with Crippen molar-refractivity contribution < 1.29 is 9.59 Å². The summed E-state index contributed by atoms with van der Waals surface area (Å²) < 4.78 is 1.91. The quantitative estimate of drug-likeness (QED) is 0.832. The van der Waals surface area contributed by atoms with Crippen LogP contribution in [0.3, 0.4) is 0 Å². The third kappa shape index (κ3) is 2.64. The van der Waals surface area contributed by atoms with Gasteiger partial charge in [-0.3, -0.25) is 19.2 Å². The first kappa shape index (κ1) is 18.4. The van der Waals surface area contributed by atoms with Crippen LogP contribution in [0.1, 0.15) is 36.2 Å². The predicted molar refractivity (Wildman–Crippen MR) is 109 cm³/mol. The molecule has 2 saturated heterocycles. The largest absolute Gasteiger partial charge is 0.354 e. The number of carbonyl (C=O) groups excluding carboxylic acids is 2. The third-order valence-electron chi connectivity index (χ3n) is 6.82. The minimum Gasteiger partial charge on any atom is -0.354 e. The molecule has 4 heterocycles. The number of benzene rings is 1. The van der Waals surface area contributed by atoms with Gasteiger partial charge >= 0.3 is 0 Å². The van der Waals surface area contributed by atoms with Gasteiger partial charge in [0.15, 0.2) is 0 Å². The number of carbonyl (C=O) groups is 2. The van der Waals surface area contributed by atoms with Crippen LogP contribution in [0.15, 0.2) is 30.3 Å². The lowest BCUT2D eigenvalue weighted by Gasteiger charge is -2.36. The molecule has 7 nitrogen and oxygen atoms in total. The second kappa shape index (κ2) is 6.69. The van der Waals surface area contributed by atoms with Crippen LogP contribution in [0.5, 0.6) is 0 Å². The zero-order valence-corrected chi connectivity index (χ0v) is 16.9. The van der Waals surface area contributed by atoms with E-state index in [0.717, 1.165) is 48.4 Å². The molecule has 1 spiro atoms. The standard InChI is InChI=1S/C22H27N5O2/c1-14-12-15(2)27(25-14)11-9-23-20(28)18-13-16-6-5-10-26(16)22(18)17-7-3-4-8-19(17)24-21(22)29/h3-4,7-8,12,16,18H,5-6,9-11,13H2,1-2H3,(H,23,28)(H,24,29)/t16-,18+,22+/m1/s1. The second-order valence-corrected chi connectivity index (χ2v) is 8.49. The SMILES string of the molecule is Cc1cc(C)n(CCNC(=O)[C@@H]2C[C@H]3CCCN3[C@]23C(=O)Nc2ccccc23)n1. The Hall–Kier alpha value is -2.67. The Labute approximate surface area is 170 Å². The first-order valence-electron chi connectivity index (χ1n) is 10.5. The summed E-state index contributed by atoms with van der Waals surface area (Å²) in [5.74, 6) is -0.466. The van der Waals surface area contributed by atoms with Crippen LogP contribution in [0, 0.1) is 19.8 Å². The number of fused-ring (bicyclic) bond motifs is 4. The molecule has 0 radical (unpaired) electrons. The molecule has 7 heteroatoms. The van der Waals surface area contributed by atoms with Gasteiger partial charge in [0.1, 0.15) is 5.54 Å². The van der Waals surface area contributed by atoms with Crippen molar-refractivity contribution >= 4 is 17.5 Å². The monoisotopic (exact) mass is 393 g/mol. The Morgan fingerprint density at radius 2 is 2.17 bits per heavy atom. The molecule has 2 fully saturated rings. The number of anilines is 1. The van der Waals surface area contributed by atoms with Crippen LogP contribution in [0.2, 0.25) is 0 Å². The van der Waals surface area contributed by atoms with E-state index < -0.39 is 5.54 Å². The molecule has 1 aromatic carbocycles. The third-order valence-corrected chi connectivity index (χ3v) is 6.82. The van der Waals surface area contributed by atoms with E-state index in [9.17, 15) is 9.59 Å². The minimum absolute atomic E-state index is 0.0345. The van der Waals surface area contributed by atoms with Gasteiger partial charge in [0.25, 0.3) is 0 Å². The maximum absolute atomic E-state index is 13.3. The molecule has 2 aromatic rings. The van der Waals surface area contributed by atoms with Gasteiger partial charge in [0.05, 0.1) is 18.2 Å². The van der Waals surface area contributed by atoms with Gasteiger partial charge in [-0.1, -0.05) is 18.2 Å². The molecule has 0 aliphatic carbocycles. The van der Waals surface area contributed by atoms with Crippen molar-refractivity contribution in [3.8, 4) is 0 Å². The van der Waals surface area contributed by atoms with E-state index in [1.807, 2.05) is 48.9 Å². The molecule has 152 valence electrons. The molecule has 3 aliphatic rings. The molecule has 2 amide bonds. The first-order valence-corrected chi connectivity index (χ1v) is 10.5. The highest BCUT2D eigenvalue weighted by atomic mass is 16.2. The van der Waals surface area contributed by atoms with E-state index >= 15 is 0 Å². The number of para-hydroxylation sites is 1. The summed E-state index contributed by atoms with van der Waals surface area (Å²) in [7, 11) is 0. The van der Waals surface area contributed by atoms with Gasteiger partial charge in [-0.05, 0) is 51.8 Å². The summed E-state index contributed by atoms with van der Waals surface area (Å²) in [6.07, 6.45) is 2.86.